The summed E-state index contributed by atoms with van der Waals surface area (Å²) in [5.74, 6) is -0.0849. The van der Waals surface area contributed by atoms with Gasteiger partial charge in [-0.15, -0.1) is 0 Å². The number of nitrogen functional groups attached to an aromatic ring is 1. The average molecular weight is 261 g/mol. The summed E-state index contributed by atoms with van der Waals surface area (Å²) in [5.41, 5.74) is 7.53. The summed E-state index contributed by atoms with van der Waals surface area (Å²) in [5, 5.41) is 7.22. The molecule has 19 heavy (non-hydrogen) atoms. The quantitative estimate of drug-likeness (QED) is 0.844. The van der Waals surface area contributed by atoms with Crippen LogP contribution in [0.1, 0.15) is 35.5 Å². The zero-order chi connectivity index (χ0) is 13.8. The zero-order valence-electron chi connectivity index (χ0n) is 10.8. The van der Waals surface area contributed by atoms with Gasteiger partial charge < -0.3 is 10.5 Å². The van der Waals surface area contributed by atoms with Crippen LogP contribution in [-0.2, 0) is 11.2 Å². The first kappa shape index (κ1) is 13.1. The van der Waals surface area contributed by atoms with E-state index in [0.29, 0.717) is 17.7 Å². The number of nitrogens with two attached hydrogens (primary N) is 1. The summed E-state index contributed by atoms with van der Waals surface area (Å²) in [6, 6.07) is 7.12. The Labute approximate surface area is 110 Å². The fourth-order valence-electron chi connectivity index (χ4n) is 1.62. The third-order valence-electron chi connectivity index (χ3n) is 2.46. The van der Waals surface area contributed by atoms with Gasteiger partial charge in [-0.05, 0) is 36.7 Å². The van der Waals surface area contributed by atoms with Crippen LogP contribution >= 0.6 is 0 Å². The number of carbonyl (C=O) groups is 1. The number of carbonyl (C=O) groups excluding carboxylic acids is 1. The highest BCUT2D eigenvalue weighted by molar-refractivity contribution is 5.89. The molecular formula is C13H15N3O3. The SMILES string of the molecule is CC(C)OC(=O)c1cccc(Cc2nonc2N)c1. The van der Waals surface area contributed by atoms with Crippen molar-refractivity contribution in [2.45, 2.75) is 26.4 Å². The molecule has 1 heterocycles. The van der Waals surface area contributed by atoms with Gasteiger partial charge in [0.1, 0.15) is 5.69 Å². The van der Waals surface area contributed by atoms with Crippen LogP contribution in [0.2, 0.25) is 0 Å². The normalized spacial score (nSPS) is 10.7. The van der Waals surface area contributed by atoms with Gasteiger partial charge in [0.25, 0.3) is 0 Å². The molecule has 0 aliphatic rings. The Hall–Kier alpha value is -2.37. The highest BCUT2D eigenvalue weighted by Gasteiger charge is 2.12. The van der Waals surface area contributed by atoms with E-state index in [9.17, 15) is 4.79 Å². The van der Waals surface area contributed by atoms with Crippen LogP contribution < -0.4 is 5.73 Å². The fourth-order valence-corrected chi connectivity index (χ4v) is 1.62. The molecule has 1 aromatic heterocycles. The van der Waals surface area contributed by atoms with Crippen molar-refractivity contribution in [3.05, 3.63) is 41.1 Å². The topological polar surface area (TPSA) is 91.2 Å². The molecule has 2 N–H and O–H groups in total. The van der Waals surface area contributed by atoms with Crippen LogP contribution in [0.25, 0.3) is 0 Å². The number of anilines is 1. The molecule has 2 aromatic rings. The molecule has 0 radical (unpaired) electrons. The summed E-state index contributed by atoms with van der Waals surface area (Å²) in [4.78, 5) is 11.8. The van der Waals surface area contributed by atoms with E-state index in [0.717, 1.165) is 5.56 Å². The van der Waals surface area contributed by atoms with Crippen LogP contribution in [0.3, 0.4) is 0 Å². The fraction of sp³-hybridized carbons (Fsp3) is 0.308. The van der Waals surface area contributed by atoms with Gasteiger partial charge in [0.05, 0.1) is 11.7 Å². The number of hydrogen-bond donors (Lipinski definition) is 1. The van der Waals surface area contributed by atoms with Gasteiger partial charge in [-0.3, -0.25) is 0 Å². The molecule has 0 fully saturated rings. The summed E-state index contributed by atoms with van der Waals surface area (Å²) in [6.07, 6.45) is 0.310. The number of ether oxygens (including phenoxy) is 1. The molecule has 1 aromatic carbocycles. The van der Waals surface area contributed by atoms with Crippen LogP contribution in [0.5, 0.6) is 0 Å². The van der Waals surface area contributed by atoms with E-state index >= 15 is 0 Å². The van der Waals surface area contributed by atoms with Gasteiger partial charge in [0.2, 0.25) is 0 Å². The minimum Gasteiger partial charge on any atom is -0.459 e. The maximum Gasteiger partial charge on any atom is 0.338 e. The highest BCUT2D eigenvalue weighted by atomic mass is 16.6. The zero-order valence-corrected chi connectivity index (χ0v) is 10.8. The summed E-state index contributed by atoms with van der Waals surface area (Å²) >= 11 is 0. The largest absolute Gasteiger partial charge is 0.459 e. The Morgan fingerprint density at radius 2 is 2.21 bits per heavy atom. The minimum atomic E-state index is -0.344. The first-order chi connectivity index (χ1) is 9.06. The molecular weight excluding hydrogens is 246 g/mol. The third-order valence-corrected chi connectivity index (χ3v) is 2.46. The molecule has 0 unspecified atom stereocenters. The lowest BCUT2D eigenvalue weighted by Gasteiger charge is -2.08. The van der Waals surface area contributed by atoms with Crippen molar-refractivity contribution in [3.63, 3.8) is 0 Å². The van der Waals surface area contributed by atoms with Crippen LogP contribution in [0, 0.1) is 0 Å². The maximum atomic E-state index is 11.8. The molecule has 0 bridgehead atoms. The Morgan fingerprint density at radius 3 is 2.84 bits per heavy atom. The number of rotatable bonds is 4. The van der Waals surface area contributed by atoms with Crippen molar-refractivity contribution in [2.75, 3.05) is 5.73 Å². The van der Waals surface area contributed by atoms with Crippen molar-refractivity contribution in [2.24, 2.45) is 0 Å². The highest BCUT2D eigenvalue weighted by Crippen LogP contribution is 2.14. The van der Waals surface area contributed by atoms with Gasteiger partial charge >= 0.3 is 5.97 Å². The van der Waals surface area contributed by atoms with E-state index < -0.39 is 0 Å². The first-order valence-corrected chi connectivity index (χ1v) is 5.93. The van der Waals surface area contributed by atoms with Gasteiger partial charge in [-0.25, -0.2) is 9.42 Å². The number of esters is 1. The molecule has 0 aliphatic heterocycles. The standard InChI is InChI=1S/C13H15N3O3/c1-8(2)18-13(17)10-5-3-4-9(6-10)7-11-12(14)16-19-15-11/h3-6,8H,7H2,1-2H3,(H2,14,16). The first-order valence-electron chi connectivity index (χ1n) is 5.93. The lowest BCUT2D eigenvalue weighted by Crippen LogP contribution is -2.11. The molecule has 0 atom stereocenters. The Balaban J connectivity index is 2.15. The van der Waals surface area contributed by atoms with E-state index in [2.05, 4.69) is 14.9 Å². The van der Waals surface area contributed by atoms with Gasteiger partial charge in [-0.1, -0.05) is 17.3 Å². The Bertz CT molecular complexity index is 578. The van der Waals surface area contributed by atoms with Crippen LogP contribution in [-0.4, -0.2) is 22.4 Å². The lowest BCUT2D eigenvalue weighted by molar-refractivity contribution is 0.0378. The monoisotopic (exact) mass is 261 g/mol. The molecule has 100 valence electrons. The van der Waals surface area contributed by atoms with E-state index in [1.807, 2.05) is 19.9 Å². The van der Waals surface area contributed by atoms with Crippen molar-refractivity contribution < 1.29 is 14.2 Å². The molecule has 0 saturated carbocycles. The second-order valence-corrected chi connectivity index (χ2v) is 4.43. The van der Waals surface area contributed by atoms with Gasteiger partial charge in [0, 0.05) is 6.42 Å². The summed E-state index contributed by atoms with van der Waals surface area (Å²) in [6.45, 7) is 3.62. The molecule has 0 saturated heterocycles. The number of benzene rings is 1. The van der Waals surface area contributed by atoms with Crippen LogP contribution in [0.15, 0.2) is 28.9 Å². The summed E-state index contributed by atoms with van der Waals surface area (Å²) < 4.78 is 9.67. The minimum absolute atomic E-state index is 0.147. The van der Waals surface area contributed by atoms with Crippen molar-refractivity contribution in [3.8, 4) is 0 Å². The average Bonchev–Trinajstić information content (AvgIpc) is 2.75. The molecule has 6 nitrogen and oxygen atoms in total. The molecule has 6 heteroatoms. The number of nitrogens with zero attached hydrogens (tertiary/aromatic N) is 2. The molecule has 0 aliphatic carbocycles. The number of hydrogen-bond acceptors (Lipinski definition) is 6. The van der Waals surface area contributed by atoms with E-state index in [-0.39, 0.29) is 17.9 Å². The van der Waals surface area contributed by atoms with Crippen molar-refractivity contribution in [1.82, 2.24) is 10.3 Å². The third kappa shape index (κ3) is 3.31. The number of aromatic nitrogens is 2. The van der Waals surface area contributed by atoms with Crippen LogP contribution in [0.4, 0.5) is 5.82 Å². The smallest absolute Gasteiger partial charge is 0.338 e. The Morgan fingerprint density at radius 1 is 1.42 bits per heavy atom. The predicted molar refractivity (Wildman–Crippen MR) is 68.5 cm³/mol. The van der Waals surface area contributed by atoms with Gasteiger partial charge in [-0.2, -0.15) is 0 Å². The lowest BCUT2D eigenvalue weighted by atomic mass is 10.1. The summed E-state index contributed by atoms with van der Waals surface area (Å²) in [7, 11) is 0. The van der Waals surface area contributed by atoms with E-state index in [1.165, 1.54) is 0 Å². The molecule has 0 amide bonds. The molecule has 2 rings (SSSR count). The Kier molecular flexibility index (Phi) is 3.79. The predicted octanol–water partition coefficient (Wildman–Crippen LogP) is 1.81. The van der Waals surface area contributed by atoms with Crippen molar-refractivity contribution in [1.29, 1.82) is 0 Å². The van der Waals surface area contributed by atoms with E-state index in [1.54, 1.807) is 18.2 Å². The second kappa shape index (κ2) is 5.51. The second-order valence-electron chi connectivity index (χ2n) is 4.43. The molecule has 0 spiro atoms. The van der Waals surface area contributed by atoms with Crippen molar-refractivity contribution >= 4 is 11.8 Å². The maximum absolute atomic E-state index is 11.8. The van der Waals surface area contributed by atoms with E-state index in [4.69, 9.17) is 10.5 Å². The van der Waals surface area contributed by atoms with Gasteiger partial charge in [0.15, 0.2) is 5.82 Å².